The molecule has 0 aliphatic heterocycles. The van der Waals surface area contributed by atoms with Crippen molar-refractivity contribution in [1.82, 2.24) is 0 Å². The summed E-state index contributed by atoms with van der Waals surface area (Å²) in [6, 6.07) is 0. The first kappa shape index (κ1) is 10.7. The molecule has 0 aromatic heterocycles. The largest absolute Gasteiger partial charge is 0.378 e. The van der Waals surface area contributed by atoms with Crippen LogP contribution in [0.25, 0.3) is 0 Å². The molecule has 1 aliphatic carbocycles. The summed E-state index contributed by atoms with van der Waals surface area (Å²) in [6.45, 7) is 3.92. The predicted octanol–water partition coefficient (Wildman–Crippen LogP) is 2.56. The van der Waals surface area contributed by atoms with Crippen LogP contribution in [0.2, 0.25) is 0 Å². The van der Waals surface area contributed by atoms with Crippen molar-refractivity contribution >= 4 is 5.78 Å². The molecule has 76 valence electrons. The van der Waals surface area contributed by atoms with Crippen LogP contribution in [0, 0.1) is 5.92 Å². The lowest BCUT2D eigenvalue weighted by Gasteiger charge is -2.21. The molecule has 13 heavy (non-hydrogen) atoms. The summed E-state index contributed by atoms with van der Waals surface area (Å²) in [5.74, 6) is 1.20. The first-order chi connectivity index (χ1) is 6.03. The van der Waals surface area contributed by atoms with E-state index < -0.39 is 0 Å². The standard InChI is InChI=1S/C11H20O2/c1-11(2,13-3)8-10(12)7-6-9-4-5-9/h9H,4-8H2,1-3H3. The highest BCUT2D eigenvalue weighted by Gasteiger charge is 2.24. The van der Waals surface area contributed by atoms with Crippen molar-refractivity contribution in [2.45, 2.75) is 51.6 Å². The third-order valence-electron chi connectivity index (χ3n) is 2.70. The fourth-order valence-corrected chi connectivity index (χ4v) is 1.41. The van der Waals surface area contributed by atoms with Gasteiger partial charge in [-0.05, 0) is 26.2 Å². The number of carbonyl (C=O) groups is 1. The SMILES string of the molecule is COC(C)(C)CC(=O)CCC1CC1. The van der Waals surface area contributed by atoms with Crippen LogP contribution < -0.4 is 0 Å². The van der Waals surface area contributed by atoms with Gasteiger partial charge in [0, 0.05) is 20.0 Å². The zero-order valence-corrected chi connectivity index (χ0v) is 8.93. The van der Waals surface area contributed by atoms with Crippen molar-refractivity contribution in [2.24, 2.45) is 5.92 Å². The molecule has 0 aromatic carbocycles. The summed E-state index contributed by atoms with van der Waals surface area (Å²) in [4.78, 5) is 11.5. The summed E-state index contributed by atoms with van der Waals surface area (Å²) >= 11 is 0. The minimum atomic E-state index is -0.277. The number of ketones is 1. The molecule has 1 rings (SSSR count). The van der Waals surface area contributed by atoms with E-state index in [0.717, 1.165) is 18.8 Å². The monoisotopic (exact) mass is 184 g/mol. The number of carbonyl (C=O) groups excluding carboxylic acids is 1. The third-order valence-corrected chi connectivity index (χ3v) is 2.70. The minimum Gasteiger partial charge on any atom is -0.378 e. The van der Waals surface area contributed by atoms with Crippen molar-refractivity contribution in [3.8, 4) is 0 Å². The van der Waals surface area contributed by atoms with Crippen LogP contribution in [0.15, 0.2) is 0 Å². The fourth-order valence-electron chi connectivity index (χ4n) is 1.41. The van der Waals surface area contributed by atoms with E-state index in [4.69, 9.17) is 4.74 Å². The Morgan fingerprint density at radius 3 is 2.54 bits per heavy atom. The first-order valence-electron chi connectivity index (χ1n) is 5.10. The fraction of sp³-hybridized carbons (Fsp3) is 0.909. The van der Waals surface area contributed by atoms with Crippen LogP contribution in [0.1, 0.15) is 46.0 Å². The molecule has 1 fully saturated rings. The van der Waals surface area contributed by atoms with Gasteiger partial charge in [-0.15, -0.1) is 0 Å². The Kier molecular flexibility index (Phi) is 3.48. The maximum absolute atomic E-state index is 11.5. The van der Waals surface area contributed by atoms with Crippen LogP contribution in [-0.4, -0.2) is 18.5 Å². The maximum Gasteiger partial charge on any atom is 0.135 e. The second kappa shape index (κ2) is 4.23. The molecule has 2 heteroatoms. The van der Waals surface area contributed by atoms with E-state index in [1.54, 1.807) is 7.11 Å². The lowest BCUT2D eigenvalue weighted by atomic mass is 9.98. The minimum absolute atomic E-state index is 0.277. The third kappa shape index (κ3) is 4.41. The Bertz CT molecular complexity index is 181. The van der Waals surface area contributed by atoms with Gasteiger partial charge in [-0.2, -0.15) is 0 Å². The molecule has 0 saturated heterocycles. The topological polar surface area (TPSA) is 26.3 Å². The highest BCUT2D eigenvalue weighted by molar-refractivity contribution is 5.79. The lowest BCUT2D eigenvalue weighted by Crippen LogP contribution is -2.26. The van der Waals surface area contributed by atoms with E-state index in [2.05, 4.69) is 0 Å². The molecule has 0 heterocycles. The Morgan fingerprint density at radius 2 is 2.08 bits per heavy atom. The highest BCUT2D eigenvalue weighted by atomic mass is 16.5. The number of hydrogen-bond donors (Lipinski definition) is 0. The Morgan fingerprint density at radius 1 is 1.46 bits per heavy atom. The van der Waals surface area contributed by atoms with Crippen molar-refractivity contribution < 1.29 is 9.53 Å². The van der Waals surface area contributed by atoms with Crippen LogP contribution in [-0.2, 0) is 9.53 Å². The number of rotatable bonds is 6. The molecule has 1 aliphatic rings. The maximum atomic E-state index is 11.5. The van der Waals surface area contributed by atoms with Gasteiger partial charge >= 0.3 is 0 Å². The van der Waals surface area contributed by atoms with Gasteiger partial charge in [-0.3, -0.25) is 4.79 Å². The van der Waals surface area contributed by atoms with E-state index in [1.165, 1.54) is 12.8 Å². The Labute approximate surface area is 80.7 Å². The van der Waals surface area contributed by atoms with Gasteiger partial charge in [-0.1, -0.05) is 12.8 Å². The van der Waals surface area contributed by atoms with Crippen molar-refractivity contribution in [2.75, 3.05) is 7.11 Å². The molecule has 1 saturated carbocycles. The average Bonchev–Trinajstić information content (AvgIpc) is 2.83. The number of methoxy groups -OCH3 is 1. The smallest absolute Gasteiger partial charge is 0.135 e. The van der Waals surface area contributed by atoms with Gasteiger partial charge in [0.05, 0.1) is 5.60 Å². The molecule has 0 N–H and O–H groups in total. The second-order valence-electron chi connectivity index (χ2n) is 4.66. The molecule has 0 unspecified atom stereocenters. The van der Waals surface area contributed by atoms with E-state index in [0.29, 0.717) is 12.2 Å². The van der Waals surface area contributed by atoms with Crippen LogP contribution in [0.4, 0.5) is 0 Å². The predicted molar refractivity (Wildman–Crippen MR) is 52.7 cm³/mol. The van der Waals surface area contributed by atoms with Crippen molar-refractivity contribution in [1.29, 1.82) is 0 Å². The molecular formula is C11H20O2. The summed E-state index contributed by atoms with van der Waals surface area (Å²) in [5.41, 5.74) is -0.277. The first-order valence-corrected chi connectivity index (χ1v) is 5.10. The normalized spacial score (nSPS) is 17.5. The van der Waals surface area contributed by atoms with E-state index in [1.807, 2.05) is 13.8 Å². The number of ether oxygens (including phenoxy) is 1. The van der Waals surface area contributed by atoms with Crippen LogP contribution in [0.5, 0.6) is 0 Å². The summed E-state index contributed by atoms with van der Waals surface area (Å²) in [5, 5.41) is 0. The summed E-state index contributed by atoms with van der Waals surface area (Å²) in [7, 11) is 1.66. The number of hydrogen-bond acceptors (Lipinski definition) is 2. The molecule has 0 radical (unpaired) electrons. The Hall–Kier alpha value is -0.370. The molecule has 0 spiro atoms. The van der Waals surface area contributed by atoms with Crippen LogP contribution in [0.3, 0.4) is 0 Å². The van der Waals surface area contributed by atoms with Gasteiger partial charge in [-0.25, -0.2) is 0 Å². The molecule has 0 amide bonds. The highest BCUT2D eigenvalue weighted by Crippen LogP contribution is 2.33. The van der Waals surface area contributed by atoms with Gasteiger partial charge in [0.25, 0.3) is 0 Å². The quantitative estimate of drug-likeness (QED) is 0.634. The molecule has 0 bridgehead atoms. The van der Waals surface area contributed by atoms with Gasteiger partial charge in [0.2, 0.25) is 0 Å². The molecule has 0 aromatic rings. The second-order valence-corrected chi connectivity index (χ2v) is 4.66. The van der Waals surface area contributed by atoms with Gasteiger partial charge in [0.1, 0.15) is 5.78 Å². The molecule has 2 nitrogen and oxygen atoms in total. The Balaban J connectivity index is 2.15. The lowest BCUT2D eigenvalue weighted by molar-refractivity contribution is -0.124. The average molecular weight is 184 g/mol. The molecule has 0 atom stereocenters. The zero-order chi connectivity index (χ0) is 9.90. The van der Waals surface area contributed by atoms with E-state index in [9.17, 15) is 4.79 Å². The van der Waals surface area contributed by atoms with Crippen LogP contribution >= 0.6 is 0 Å². The van der Waals surface area contributed by atoms with E-state index >= 15 is 0 Å². The summed E-state index contributed by atoms with van der Waals surface area (Å²) in [6.07, 6.45) is 5.06. The zero-order valence-electron chi connectivity index (χ0n) is 8.93. The van der Waals surface area contributed by atoms with E-state index in [-0.39, 0.29) is 5.60 Å². The number of Topliss-reactive ketones (excluding diaryl/α,β-unsaturated/α-hetero) is 1. The van der Waals surface area contributed by atoms with Gasteiger partial charge < -0.3 is 4.74 Å². The van der Waals surface area contributed by atoms with Gasteiger partial charge in [0.15, 0.2) is 0 Å². The molecular weight excluding hydrogens is 164 g/mol. The summed E-state index contributed by atoms with van der Waals surface area (Å²) < 4.78 is 5.21. The van der Waals surface area contributed by atoms with Crippen molar-refractivity contribution in [3.05, 3.63) is 0 Å². The van der Waals surface area contributed by atoms with Crippen molar-refractivity contribution in [3.63, 3.8) is 0 Å².